The van der Waals surface area contributed by atoms with Crippen molar-refractivity contribution >= 4 is 27.6 Å². The Balaban J connectivity index is 2.32. The van der Waals surface area contributed by atoms with Crippen LogP contribution >= 0.6 is 15.9 Å². The van der Waals surface area contributed by atoms with Crippen LogP contribution in [0.15, 0.2) is 10.8 Å². The summed E-state index contributed by atoms with van der Waals surface area (Å²) in [5.41, 5.74) is 0. The summed E-state index contributed by atoms with van der Waals surface area (Å²) in [6.07, 6.45) is 5.31. The van der Waals surface area contributed by atoms with Crippen LogP contribution in [0.4, 0.5) is 11.6 Å². The van der Waals surface area contributed by atoms with E-state index in [1.54, 1.807) is 6.33 Å². The van der Waals surface area contributed by atoms with Gasteiger partial charge in [0.15, 0.2) is 0 Å². The molecular weight excluding hydrogens is 268 g/mol. The van der Waals surface area contributed by atoms with E-state index in [9.17, 15) is 0 Å². The highest BCUT2D eigenvalue weighted by atomic mass is 79.9. The first-order valence-electron chi connectivity index (χ1n) is 5.72. The molecule has 1 fully saturated rings. The van der Waals surface area contributed by atoms with Crippen molar-refractivity contribution in [1.29, 1.82) is 0 Å². The molecule has 16 heavy (non-hydrogen) atoms. The Morgan fingerprint density at radius 1 is 1.56 bits per heavy atom. The van der Waals surface area contributed by atoms with Gasteiger partial charge in [-0.25, -0.2) is 9.97 Å². The maximum Gasteiger partial charge on any atom is 0.148 e. The van der Waals surface area contributed by atoms with Crippen molar-refractivity contribution < 1.29 is 0 Å². The van der Waals surface area contributed by atoms with Crippen molar-refractivity contribution in [1.82, 2.24) is 9.97 Å². The third kappa shape index (κ3) is 2.00. The minimum absolute atomic E-state index is 0.621. The summed E-state index contributed by atoms with van der Waals surface area (Å²) in [7, 11) is 1.87. The summed E-state index contributed by atoms with van der Waals surface area (Å²) < 4.78 is 0.970. The van der Waals surface area contributed by atoms with E-state index >= 15 is 0 Å². The average Bonchev–Trinajstić information content (AvgIpc) is 2.77. The summed E-state index contributed by atoms with van der Waals surface area (Å²) in [5, 5.41) is 3.07. The molecule has 0 aliphatic carbocycles. The smallest absolute Gasteiger partial charge is 0.148 e. The third-order valence-corrected chi connectivity index (χ3v) is 3.86. The maximum absolute atomic E-state index is 4.40. The number of nitrogens with one attached hydrogen (secondary N) is 1. The molecule has 1 N–H and O–H groups in total. The number of rotatable bonds is 3. The summed E-state index contributed by atoms with van der Waals surface area (Å²) in [6, 6.07) is 0.621. The minimum atomic E-state index is 0.621. The zero-order valence-corrected chi connectivity index (χ0v) is 11.3. The molecule has 0 amide bonds. The Morgan fingerprint density at radius 3 is 3.06 bits per heavy atom. The molecule has 0 aromatic carbocycles. The SMILES string of the molecule is CCC1CCCN1c1ncnc(NC)c1Br. The largest absolute Gasteiger partial charge is 0.372 e. The molecule has 0 saturated carbocycles. The van der Waals surface area contributed by atoms with Crippen LogP contribution < -0.4 is 10.2 Å². The summed E-state index contributed by atoms with van der Waals surface area (Å²) >= 11 is 3.58. The van der Waals surface area contributed by atoms with Crippen LogP contribution in [0.25, 0.3) is 0 Å². The van der Waals surface area contributed by atoms with Gasteiger partial charge in [0.2, 0.25) is 0 Å². The molecule has 1 aliphatic heterocycles. The molecule has 1 aromatic heterocycles. The van der Waals surface area contributed by atoms with E-state index in [0.717, 1.165) is 22.7 Å². The zero-order chi connectivity index (χ0) is 11.5. The third-order valence-electron chi connectivity index (χ3n) is 3.13. The molecular formula is C11H17BrN4. The van der Waals surface area contributed by atoms with Crippen molar-refractivity contribution in [2.45, 2.75) is 32.2 Å². The van der Waals surface area contributed by atoms with Gasteiger partial charge in [-0.1, -0.05) is 6.92 Å². The maximum atomic E-state index is 4.40. The lowest BCUT2D eigenvalue weighted by molar-refractivity contribution is 0.639. The lowest BCUT2D eigenvalue weighted by atomic mass is 10.2. The van der Waals surface area contributed by atoms with Gasteiger partial charge in [-0.05, 0) is 35.2 Å². The van der Waals surface area contributed by atoms with Crippen LogP contribution in [0.2, 0.25) is 0 Å². The van der Waals surface area contributed by atoms with Gasteiger partial charge in [0.25, 0.3) is 0 Å². The van der Waals surface area contributed by atoms with E-state index in [4.69, 9.17) is 0 Å². The van der Waals surface area contributed by atoms with E-state index in [-0.39, 0.29) is 0 Å². The normalized spacial score (nSPS) is 20.2. The monoisotopic (exact) mass is 284 g/mol. The molecule has 88 valence electrons. The second-order valence-electron chi connectivity index (χ2n) is 4.01. The van der Waals surface area contributed by atoms with E-state index in [1.165, 1.54) is 19.3 Å². The molecule has 5 heteroatoms. The van der Waals surface area contributed by atoms with Gasteiger partial charge in [0.1, 0.15) is 22.4 Å². The van der Waals surface area contributed by atoms with Crippen molar-refractivity contribution in [2.75, 3.05) is 23.8 Å². The molecule has 1 aliphatic rings. The first-order valence-corrected chi connectivity index (χ1v) is 6.52. The van der Waals surface area contributed by atoms with Gasteiger partial charge in [-0.2, -0.15) is 0 Å². The second-order valence-corrected chi connectivity index (χ2v) is 4.80. The Bertz CT molecular complexity index is 369. The van der Waals surface area contributed by atoms with E-state index in [2.05, 4.69) is 43.0 Å². The lowest BCUT2D eigenvalue weighted by Crippen LogP contribution is -2.29. The van der Waals surface area contributed by atoms with Crippen LogP contribution in [-0.2, 0) is 0 Å². The Hall–Kier alpha value is -0.840. The van der Waals surface area contributed by atoms with Crippen LogP contribution in [-0.4, -0.2) is 29.6 Å². The van der Waals surface area contributed by atoms with Crippen molar-refractivity contribution in [3.63, 3.8) is 0 Å². The van der Waals surface area contributed by atoms with E-state index < -0.39 is 0 Å². The van der Waals surface area contributed by atoms with Gasteiger partial charge >= 0.3 is 0 Å². The van der Waals surface area contributed by atoms with Crippen LogP contribution in [0, 0.1) is 0 Å². The molecule has 0 spiro atoms. The first kappa shape index (κ1) is 11.6. The Kier molecular flexibility index (Phi) is 3.63. The number of aromatic nitrogens is 2. The quantitative estimate of drug-likeness (QED) is 0.927. The van der Waals surface area contributed by atoms with Crippen LogP contribution in [0.5, 0.6) is 0 Å². The molecule has 1 saturated heterocycles. The molecule has 0 bridgehead atoms. The summed E-state index contributed by atoms with van der Waals surface area (Å²) in [6.45, 7) is 3.33. The Morgan fingerprint density at radius 2 is 2.38 bits per heavy atom. The molecule has 4 nitrogen and oxygen atoms in total. The fraction of sp³-hybridized carbons (Fsp3) is 0.636. The second kappa shape index (κ2) is 4.99. The topological polar surface area (TPSA) is 41.1 Å². The van der Waals surface area contributed by atoms with Gasteiger partial charge < -0.3 is 10.2 Å². The van der Waals surface area contributed by atoms with Crippen molar-refractivity contribution in [2.24, 2.45) is 0 Å². The molecule has 1 atom stereocenters. The zero-order valence-electron chi connectivity index (χ0n) is 9.70. The average molecular weight is 285 g/mol. The summed E-state index contributed by atoms with van der Waals surface area (Å²) in [5.74, 6) is 1.87. The lowest BCUT2D eigenvalue weighted by Gasteiger charge is -2.25. The number of halogens is 1. The highest BCUT2D eigenvalue weighted by Crippen LogP contribution is 2.34. The number of hydrogen-bond donors (Lipinski definition) is 1. The van der Waals surface area contributed by atoms with Gasteiger partial charge in [-0.15, -0.1) is 0 Å². The van der Waals surface area contributed by atoms with Gasteiger partial charge in [0.05, 0.1) is 0 Å². The molecule has 1 aromatic rings. The number of anilines is 2. The predicted octanol–water partition coefficient (Wildman–Crippen LogP) is 2.66. The standard InChI is InChI=1S/C11H17BrN4/c1-3-8-5-4-6-16(8)11-9(12)10(13-2)14-7-15-11/h7-8H,3-6H2,1-2H3,(H,13,14,15). The van der Waals surface area contributed by atoms with Crippen LogP contribution in [0.1, 0.15) is 26.2 Å². The fourth-order valence-corrected chi connectivity index (χ4v) is 2.90. The Labute approximate surface area is 105 Å². The fourth-order valence-electron chi connectivity index (χ4n) is 2.27. The molecule has 2 heterocycles. The predicted molar refractivity (Wildman–Crippen MR) is 69.9 cm³/mol. The minimum Gasteiger partial charge on any atom is -0.372 e. The summed E-state index contributed by atoms with van der Waals surface area (Å²) in [4.78, 5) is 11.0. The number of hydrogen-bond acceptors (Lipinski definition) is 4. The highest BCUT2D eigenvalue weighted by molar-refractivity contribution is 9.10. The van der Waals surface area contributed by atoms with E-state index in [1.807, 2.05) is 7.05 Å². The van der Waals surface area contributed by atoms with Gasteiger partial charge in [0, 0.05) is 19.6 Å². The van der Waals surface area contributed by atoms with E-state index in [0.29, 0.717) is 6.04 Å². The highest BCUT2D eigenvalue weighted by Gasteiger charge is 2.26. The van der Waals surface area contributed by atoms with Gasteiger partial charge in [-0.3, -0.25) is 0 Å². The first-order chi connectivity index (χ1) is 7.77. The molecule has 2 rings (SSSR count). The van der Waals surface area contributed by atoms with Crippen LogP contribution in [0.3, 0.4) is 0 Å². The molecule has 1 unspecified atom stereocenters. The van der Waals surface area contributed by atoms with Crippen molar-refractivity contribution in [3.8, 4) is 0 Å². The molecule has 0 radical (unpaired) electrons. The van der Waals surface area contributed by atoms with Crippen molar-refractivity contribution in [3.05, 3.63) is 10.8 Å². The number of nitrogens with zero attached hydrogens (tertiary/aromatic N) is 3.